The molecule has 0 radical (unpaired) electrons. The second kappa shape index (κ2) is 6.70. The van der Waals surface area contributed by atoms with E-state index in [9.17, 15) is 32.3 Å². The number of benzene rings is 2. The fraction of sp³-hybridized carbons (Fsp3) is 0.190. The summed E-state index contributed by atoms with van der Waals surface area (Å²) in [6.45, 7) is -0.337. The summed E-state index contributed by atoms with van der Waals surface area (Å²) in [5.41, 5.74) is -2.37. The average molecular weight is 459 g/mol. The average Bonchev–Trinajstić information content (AvgIpc) is 3.28. The van der Waals surface area contributed by atoms with E-state index in [0.717, 1.165) is 28.4 Å². The van der Waals surface area contributed by atoms with Crippen molar-refractivity contribution in [3.63, 3.8) is 0 Å². The first-order chi connectivity index (χ1) is 15.1. The zero-order valence-corrected chi connectivity index (χ0v) is 16.8. The van der Waals surface area contributed by atoms with E-state index in [0.29, 0.717) is 4.70 Å². The summed E-state index contributed by atoms with van der Waals surface area (Å²) in [7, 11) is 0. The van der Waals surface area contributed by atoms with E-state index >= 15 is 0 Å². The van der Waals surface area contributed by atoms with Gasteiger partial charge in [0.15, 0.2) is 5.41 Å². The number of hydrogen-bond donors (Lipinski definition) is 1. The number of nitrogens with zero attached hydrogens (tertiary/aromatic N) is 2. The van der Waals surface area contributed by atoms with Crippen molar-refractivity contribution in [2.45, 2.75) is 24.6 Å². The molecule has 1 spiro atoms. The minimum Gasteiger partial charge on any atom is -0.295 e. The number of alkyl halides is 3. The van der Waals surface area contributed by atoms with Crippen molar-refractivity contribution < 1.29 is 32.3 Å². The van der Waals surface area contributed by atoms with E-state index in [1.807, 2.05) is 0 Å². The molecule has 1 unspecified atom stereocenters. The van der Waals surface area contributed by atoms with Gasteiger partial charge in [-0.15, -0.1) is 11.3 Å². The first kappa shape index (κ1) is 20.3. The normalized spacial score (nSPS) is 20.9. The smallest absolute Gasteiger partial charge is 0.295 e. The Morgan fingerprint density at radius 1 is 1.09 bits per heavy atom. The highest BCUT2D eigenvalue weighted by atomic mass is 32.1. The fourth-order valence-corrected chi connectivity index (χ4v) is 5.05. The third-order valence-electron chi connectivity index (χ3n) is 5.59. The molecule has 4 amide bonds. The van der Waals surface area contributed by atoms with Crippen molar-refractivity contribution in [1.29, 1.82) is 0 Å². The van der Waals surface area contributed by atoms with Crippen molar-refractivity contribution in [1.82, 2.24) is 15.2 Å². The van der Waals surface area contributed by atoms with Gasteiger partial charge in [0.25, 0.3) is 11.8 Å². The van der Waals surface area contributed by atoms with Crippen LogP contribution in [0.4, 0.5) is 13.2 Å². The second-order valence-electron chi connectivity index (χ2n) is 7.49. The van der Waals surface area contributed by atoms with Gasteiger partial charge in [-0.25, -0.2) is 4.98 Å². The summed E-state index contributed by atoms with van der Waals surface area (Å²) in [5, 5.41) is 2.36. The summed E-state index contributed by atoms with van der Waals surface area (Å²) in [6.07, 6.45) is -4.96. The first-order valence-electron chi connectivity index (χ1n) is 9.38. The summed E-state index contributed by atoms with van der Waals surface area (Å²) in [5.74, 6) is -2.97. The van der Waals surface area contributed by atoms with Gasteiger partial charge in [-0.1, -0.05) is 18.2 Å². The van der Waals surface area contributed by atoms with Crippen molar-refractivity contribution in [3.05, 3.63) is 64.2 Å². The highest BCUT2D eigenvalue weighted by Crippen LogP contribution is 2.41. The number of halogens is 3. The maximum absolute atomic E-state index is 13.4. The monoisotopic (exact) mass is 459 g/mol. The van der Waals surface area contributed by atoms with Gasteiger partial charge in [-0.05, 0) is 29.8 Å². The number of carbonyl (C=O) groups is 4. The molecule has 1 atom stereocenters. The largest absolute Gasteiger partial charge is 0.416 e. The summed E-state index contributed by atoms with van der Waals surface area (Å²) < 4.78 is 39.4. The summed E-state index contributed by atoms with van der Waals surface area (Å²) in [4.78, 5) is 56.1. The van der Waals surface area contributed by atoms with E-state index in [4.69, 9.17) is 0 Å². The SMILES string of the molecule is O=C1CC2(C(=O)N1)C(=O)N(Cc1nc3cc(C(F)(F)F)ccc3s1)C(=O)c1ccccc12. The number of hydrogen-bond acceptors (Lipinski definition) is 6. The van der Waals surface area contributed by atoms with Gasteiger partial charge in [-0.2, -0.15) is 13.2 Å². The van der Waals surface area contributed by atoms with Crippen LogP contribution in [0.5, 0.6) is 0 Å². The molecule has 0 aliphatic carbocycles. The number of nitrogens with one attached hydrogen (secondary N) is 1. The van der Waals surface area contributed by atoms with E-state index in [2.05, 4.69) is 10.3 Å². The predicted octanol–water partition coefficient (Wildman–Crippen LogP) is 2.78. The van der Waals surface area contributed by atoms with Gasteiger partial charge in [0.2, 0.25) is 11.8 Å². The van der Waals surface area contributed by atoms with E-state index in [1.54, 1.807) is 12.1 Å². The zero-order valence-electron chi connectivity index (χ0n) is 16.0. The van der Waals surface area contributed by atoms with Crippen LogP contribution in [0, 0.1) is 0 Å². The zero-order chi connectivity index (χ0) is 22.8. The van der Waals surface area contributed by atoms with E-state index in [-0.39, 0.29) is 28.2 Å². The van der Waals surface area contributed by atoms with Crippen molar-refractivity contribution in [3.8, 4) is 0 Å². The quantitative estimate of drug-likeness (QED) is 0.470. The summed E-state index contributed by atoms with van der Waals surface area (Å²) >= 11 is 1.04. The Morgan fingerprint density at radius 3 is 2.53 bits per heavy atom. The van der Waals surface area contributed by atoms with Crippen LogP contribution < -0.4 is 5.32 Å². The molecule has 1 N–H and O–H groups in total. The Kier molecular flexibility index (Phi) is 4.25. The van der Waals surface area contributed by atoms with Crippen LogP contribution >= 0.6 is 11.3 Å². The number of thiazole rings is 1. The molecule has 2 aliphatic heterocycles. The Balaban J connectivity index is 1.57. The third-order valence-corrected chi connectivity index (χ3v) is 6.61. The summed E-state index contributed by atoms with van der Waals surface area (Å²) in [6, 6.07) is 9.18. The van der Waals surface area contributed by atoms with Gasteiger partial charge in [-0.3, -0.25) is 29.4 Å². The number of amides is 4. The molecule has 7 nitrogen and oxygen atoms in total. The van der Waals surface area contributed by atoms with Crippen LogP contribution in [-0.4, -0.2) is 33.5 Å². The fourth-order valence-electron chi connectivity index (χ4n) is 4.11. The molecule has 1 fully saturated rings. The van der Waals surface area contributed by atoms with E-state index in [1.165, 1.54) is 18.2 Å². The number of aromatic nitrogens is 1. The minimum atomic E-state index is -4.53. The lowest BCUT2D eigenvalue weighted by Crippen LogP contribution is -2.57. The maximum atomic E-state index is 13.4. The molecule has 2 aliphatic rings. The first-order valence-corrected chi connectivity index (χ1v) is 10.2. The molecular weight excluding hydrogens is 447 g/mol. The van der Waals surface area contributed by atoms with Crippen LogP contribution in [-0.2, 0) is 32.5 Å². The highest BCUT2D eigenvalue weighted by Gasteiger charge is 2.60. The van der Waals surface area contributed by atoms with Gasteiger partial charge in [0.05, 0.1) is 28.7 Å². The molecule has 0 saturated carbocycles. The predicted molar refractivity (Wildman–Crippen MR) is 105 cm³/mol. The molecule has 11 heteroatoms. The van der Waals surface area contributed by atoms with E-state index < -0.39 is 47.2 Å². The molecule has 5 rings (SSSR count). The van der Waals surface area contributed by atoms with Crippen molar-refractivity contribution in [2.24, 2.45) is 0 Å². The molecule has 32 heavy (non-hydrogen) atoms. The Morgan fingerprint density at radius 2 is 1.84 bits per heavy atom. The van der Waals surface area contributed by atoms with Gasteiger partial charge >= 0.3 is 6.18 Å². The lowest BCUT2D eigenvalue weighted by molar-refractivity contribution is -0.142. The molecule has 2 aromatic carbocycles. The van der Waals surface area contributed by atoms with Crippen LogP contribution in [0.2, 0.25) is 0 Å². The van der Waals surface area contributed by atoms with Crippen LogP contribution in [0.1, 0.15) is 32.9 Å². The second-order valence-corrected chi connectivity index (χ2v) is 8.60. The Hall–Kier alpha value is -3.60. The van der Waals surface area contributed by atoms with Crippen LogP contribution in [0.3, 0.4) is 0 Å². The van der Waals surface area contributed by atoms with Gasteiger partial charge in [0, 0.05) is 5.56 Å². The topological polar surface area (TPSA) is 96.4 Å². The highest BCUT2D eigenvalue weighted by molar-refractivity contribution is 7.18. The molecule has 0 bridgehead atoms. The number of fused-ring (bicyclic) bond motifs is 3. The molecule has 1 aromatic heterocycles. The Labute approximate surface area is 181 Å². The molecule has 1 saturated heterocycles. The van der Waals surface area contributed by atoms with Gasteiger partial charge < -0.3 is 0 Å². The molecule has 3 aromatic rings. The molecule has 162 valence electrons. The third kappa shape index (κ3) is 2.84. The number of imide groups is 2. The van der Waals surface area contributed by atoms with Crippen molar-refractivity contribution >= 4 is 45.2 Å². The van der Waals surface area contributed by atoms with Crippen molar-refractivity contribution in [2.75, 3.05) is 0 Å². The molecule has 3 heterocycles. The number of carbonyl (C=O) groups excluding carboxylic acids is 4. The lowest BCUT2D eigenvalue weighted by Gasteiger charge is -2.36. The van der Waals surface area contributed by atoms with Crippen LogP contribution in [0.15, 0.2) is 42.5 Å². The van der Waals surface area contributed by atoms with Crippen LogP contribution in [0.25, 0.3) is 10.2 Å². The minimum absolute atomic E-state index is 0.0839. The lowest BCUT2D eigenvalue weighted by atomic mass is 9.72. The maximum Gasteiger partial charge on any atom is 0.416 e. The molecular formula is C21H12F3N3O4S. The Bertz CT molecular complexity index is 1350. The standard InChI is InChI=1S/C21H12F3N3O4S/c22-21(23,24)10-5-6-14-13(7-10)25-16(32-14)9-27-17(29)11-3-1-2-4-12(11)20(19(27)31)8-15(28)26-18(20)30/h1-7H,8-9H2,(H,26,28,30). The van der Waals surface area contributed by atoms with Gasteiger partial charge in [0.1, 0.15) is 5.01 Å². The number of rotatable bonds is 2.